The number of aliphatic hydroxyl groups is 3. The van der Waals surface area contributed by atoms with Crippen molar-refractivity contribution in [3.05, 3.63) is 65.7 Å². The van der Waals surface area contributed by atoms with Crippen molar-refractivity contribution in [2.75, 3.05) is 39.4 Å². The first kappa shape index (κ1) is 118. The average Bonchev–Trinajstić information content (AvgIpc) is 1.61. The lowest BCUT2D eigenvalue weighted by atomic mass is 9.97. The summed E-state index contributed by atoms with van der Waals surface area (Å²) in [5, 5.41) is 113. The number of rotatable bonds is 66. The molecule has 18 atom stereocenters. The highest BCUT2D eigenvalue weighted by molar-refractivity contribution is 6.03. The molecule has 1 heterocycles. The van der Waals surface area contributed by atoms with Gasteiger partial charge in [-0.3, -0.25) is 115 Å². The molecule has 1 aliphatic rings. The predicted molar refractivity (Wildman–Crippen MR) is 479 cm³/mol. The van der Waals surface area contributed by atoms with Gasteiger partial charge in [-0.05, 0) is 120 Å². The lowest BCUT2D eigenvalue weighted by molar-refractivity contribution is -0.146. The standard InChI is InChI=1S/C84H127N23O32/c1-4-40(2)67(105-69(124)45(87)22-26-63(116)117)82(137)102-55(36-65(120)121)84(139)107-30-12-17-58(107)81(136)104-57(39-109)79(134)96-49(24-27-64(118)119)73(128)103-56(38-108)80(135)100-54(35-62(91)115)78(133)106-68(41(3)110)83(138)101-53(34-61(90)114)77(132)98-51(32-43-18-20-44(111)21-19-43)75(130)99-52(33-60(89)113)76(131)95-48(23-25-59(88)112)72(127)94-47(16-9-11-29-86)71(126)97-50(31-42-13-6-5-7-14-42)74(129)93-46(15-8-10-28-85)70(125)92-37-66(122)123/h5-7,13-14,18-21,40-41,45-58,67-68,108-111H,4,8-12,15-17,22-39,85-87H2,1-3H3,(H2,88,112)(H2,89,113)(H2,90,114)(H2,91,115)(H,92,125)(H,93,129)(H,94,127)(H,95,131)(H,96,134)(H,97,126)(H,98,132)(H,99,130)(H,100,135)(H,101,138)(H,102,137)(H,103,128)(H,104,136)(H,105,124)(H,106,133)(H,116,117)(H,118,119)(H,120,121)(H,122,123)/t40-,41+,45-,46-,47-,48-,49-,50-,51-,52-,53-,54-,55-,56-,57-,58-,67-,68-/m0/s1. The molecule has 1 saturated heterocycles. The topological polar surface area (TPSA) is 937 Å². The Morgan fingerprint density at radius 1 is 0.381 bits per heavy atom. The number of nitrogens with zero attached hydrogens (tertiary/aromatic N) is 1. The summed E-state index contributed by atoms with van der Waals surface area (Å²) >= 11 is 0. The van der Waals surface area contributed by atoms with Crippen LogP contribution in [-0.4, -0.2) is 330 Å². The Hall–Kier alpha value is -14.7. The van der Waals surface area contributed by atoms with Gasteiger partial charge in [0.1, 0.15) is 103 Å². The third-order valence-electron chi connectivity index (χ3n) is 21.5. The Bertz CT molecular complexity index is 4650. The van der Waals surface area contributed by atoms with E-state index < -0.39 is 335 Å². The number of primary amides is 4. The van der Waals surface area contributed by atoms with E-state index in [1.807, 2.05) is 16.0 Å². The molecule has 0 spiro atoms. The Morgan fingerprint density at radius 3 is 1.17 bits per heavy atom. The molecule has 55 heteroatoms. The Balaban J connectivity index is 1.95. The number of carbonyl (C=O) groups excluding carboxylic acids is 20. The van der Waals surface area contributed by atoms with Gasteiger partial charge in [0.05, 0.1) is 51.0 Å². The number of amides is 20. The summed E-state index contributed by atoms with van der Waals surface area (Å²) in [6, 6.07) is -17.2. The molecule has 139 heavy (non-hydrogen) atoms. The number of likely N-dealkylation sites (tertiary alicyclic amines) is 1. The number of unbranched alkanes of at least 4 members (excludes halogenated alkanes) is 2. The number of hydrogen-bond acceptors (Lipinski definition) is 31. The summed E-state index contributed by atoms with van der Waals surface area (Å²) in [5.74, 6) is -32.4. The van der Waals surface area contributed by atoms with Crippen LogP contribution in [0.1, 0.15) is 154 Å². The molecule has 37 N–H and O–H groups in total. The number of hydrogen-bond donors (Lipinski definition) is 30. The van der Waals surface area contributed by atoms with Gasteiger partial charge in [0, 0.05) is 38.6 Å². The molecule has 770 valence electrons. The average molecular weight is 1970 g/mol. The van der Waals surface area contributed by atoms with E-state index in [1.165, 1.54) is 19.1 Å². The maximum Gasteiger partial charge on any atom is 0.322 e. The van der Waals surface area contributed by atoms with Crippen molar-refractivity contribution in [2.45, 2.75) is 258 Å². The number of nitrogens with two attached hydrogens (primary N) is 7. The number of carboxylic acid groups (broad SMARTS) is 4. The summed E-state index contributed by atoms with van der Waals surface area (Å²) in [4.78, 5) is 323. The minimum absolute atomic E-state index is 0.0212. The second-order valence-corrected chi connectivity index (χ2v) is 32.7. The molecule has 55 nitrogen and oxygen atoms in total. The minimum Gasteiger partial charge on any atom is -0.508 e. The van der Waals surface area contributed by atoms with Crippen LogP contribution in [0.2, 0.25) is 0 Å². The Morgan fingerprint density at radius 2 is 0.748 bits per heavy atom. The van der Waals surface area contributed by atoms with Gasteiger partial charge in [-0.1, -0.05) is 62.7 Å². The van der Waals surface area contributed by atoms with Gasteiger partial charge in [-0.2, -0.15) is 0 Å². The van der Waals surface area contributed by atoms with Crippen molar-refractivity contribution < 1.29 is 156 Å². The first-order valence-corrected chi connectivity index (χ1v) is 44.2. The van der Waals surface area contributed by atoms with Crippen molar-refractivity contribution in [1.29, 1.82) is 0 Å². The lowest BCUT2D eigenvalue weighted by Gasteiger charge is -2.31. The molecule has 2 aromatic carbocycles. The van der Waals surface area contributed by atoms with Gasteiger partial charge in [-0.15, -0.1) is 0 Å². The van der Waals surface area contributed by atoms with Gasteiger partial charge in [0.2, 0.25) is 118 Å². The number of aliphatic carboxylic acids is 4. The molecular formula is C84H127N23O32. The first-order chi connectivity index (χ1) is 65.5. The molecule has 2 aromatic rings. The van der Waals surface area contributed by atoms with E-state index in [2.05, 4.69) is 63.8 Å². The van der Waals surface area contributed by atoms with Crippen molar-refractivity contribution >= 4 is 142 Å². The van der Waals surface area contributed by atoms with Gasteiger partial charge >= 0.3 is 23.9 Å². The van der Waals surface area contributed by atoms with Gasteiger partial charge in [-0.25, -0.2) is 0 Å². The highest BCUT2D eigenvalue weighted by atomic mass is 16.4. The van der Waals surface area contributed by atoms with Crippen LogP contribution in [0.25, 0.3) is 0 Å². The van der Waals surface area contributed by atoms with Crippen LogP contribution in [0.4, 0.5) is 0 Å². The maximum atomic E-state index is 14.7. The van der Waals surface area contributed by atoms with Crippen LogP contribution in [0.5, 0.6) is 5.75 Å². The molecule has 0 unspecified atom stereocenters. The molecule has 1 aliphatic heterocycles. The molecule has 0 aromatic heterocycles. The second kappa shape index (κ2) is 60.7. The van der Waals surface area contributed by atoms with Crippen LogP contribution in [0.15, 0.2) is 54.6 Å². The van der Waals surface area contributed by atoms with E-state index in [4.69, 9.17) is 45.2 Å². The monoisotopic (exact) mass is 1970 g/mol. The number of phenols is 1. The zero-order valence-corrected chi connectivity index (χ0v) is 76.5. The van der Waals surface area contributed by atoms with Crippen LogP contribution in [-0.2, 0) is 128 Å². The van der Waals surface area contributed by atoms with Crippen LogP contribution >= 0.6 is 0 Å². The minimum atomic E-state index is -2.32. The van der Waals surface area contributed by atoms with Crippen LogP contribution in [0, 0.1) is 5.92 Å². The highest BCUT2D eigenvalue weighted by Gasteiger charge is 2.44. The van der Waals surface area contributed by atoms with E-state index in [0.29, 0.717) is 18.4 Å². The Labute approximate surface area is 794 Å². The normalized spacial score (nSPS) is 15.8. The largest absolute Gasteiger partial charge is 0.508 e. The quantitative estimate of drug-likeness (QED) is 0.0274. The molecule has 1 fully saturated rings. The summed E-state index contributed by atoms with van der Waals surface area (Å²) < 4.78 is 0. The molecule has 20 amide bonds. The van der Waals surface area contributed by atoms with Gasteiger partial charge in [0.25, 0.3) is 0 Å². The van der Waals surface area contributed by atoms with Crippen molar-refractivity contribution in [3.8, 4) is 5.75 Å². The Kier molecular flexibility index (Phi) is 51.7. The lowest BCUT2D eigenvalue weighted by Crippen LogP contribution is -2.63. The summed E-state index contributed by atoms with van der Waals surface area (Å²) in [7, 11) is 0. The van der Waals surface area contributed by atoms with E-state index in [1.54, 1.807) is 37.3 Å². The van der Waals surface area contributed by atoms with Gasteiger partial charge < -0.3 is 166 Å². The molecule has 0 aliphatic carbocycles. The maximum absolute atomic E-state index is 14.7. The van der Waals surface area contributed by atoms with Crippen molar-refractivity contribution in [1.82, 2.24) is 84.7 Å². The van der Waals surface area contributed by atoms with Crippen LogP contribution in [0.3, 0.4) is 0 Å². The molecule has 0 radical (unpaired) electrons. The third-order valence-corrected chi connectivity index (χ3v) is 21.5. The van der Waals surface area contributed by atoms with Crippen molar-refractivity contribution in [2.24, 2.45) is 46.1 Å². The molecule has 0 saturated carbocycles. The third kappa shape index (κ3) is 43.0. The number of carbonyl (C=O) groups is 24. The predicted octanol–water partition coefficient (Wildman–Crippen LogP) is -12.8. The SMILES string of the molecule is CC[C@H](C)[C@H](NC(=O)[C@@H](N)CCC(=O)O)C(=O)N[C@@H](CC(=O)O)C(=O)N1CCC[C@H]1C(=O)N[C@@H](CO)C(=O)N[C@@H](CCC(=O)O)C(=O)N[C@@H](CO)C(=O)N[C@@H](CC(N)=O)C(=O)N[C@H](C(=O)N[C@@H](CC(N)=O)C(=O)N[C@@H](Cc1ccc(O)cc1)C(=O)N[C@@H](CC(N)=O)C(=O)N[C@@H](CCC(N)=O)C(=O)N[C@@H](CCCCN)C(=O)N[C@@H](Cc1ccccc1)C(=O)N[C@@H](CCCCN)C(=O)NCC(=O)O)[C@@H](C)O. The number of aliphatic hydroxyl groups excluding tert-OH is 3. The van der Waals surface area contributed by atoms with E-state index in [-0.39, 0.29) is 88.7 Å². The summed E-state index contributed by atoms with van der Waals surface area (Å²) in [6.07, 6.45) is -10.6. The van der Waals surface area contributed by atoms with Crippen LogP contribution < -0.4 is 120 Å². The molecule has 0 bridgehead atoms. The fraction of sp³-hybridized carbons (Fsp3) is 0.571. The van der Waals surface area contributed by atoms with E-state index in [9.17, 15) is 151 Å². The van der Waals surface area contributed by atoms with Crippen molar-refractivity contribution in [3.63, 3.8) is 0 Å². The van der Waals surface area contributed by atoms with Gasteiger partial charge in [0.15, 0.2) is 0 Å². The van der Waals surface area contributed by atoms with E-state index in [0.717, 1.165) is 24.0 Å². The highest BCUT2D eigenvalue weighted by Crippen LogP contribution is 2.22. The number of benzene rings is 2. The zero-order valence-electron chi connectivity index (χ0n) is 76.5. The molecular weight excluding hydrogens is 1840 g/mol. The fourth-order valence-electron chi connectivity index (χ4n) is 13.8. The number of phenolic OH excluding ortho intramolecular Hbond substituents is 1. The smallest absolute Gasteiger partial charge is 0.322 e. The first-order valence-electron chi connectivity index (χ1n) is 44.2. The fourth-order valence-corrected chi connectivity index (χ4v) is 13.8. The number of carboxylic acids is 4. The van der Waals surface area contributed by atoms with E-state index >= 15 is 0 Å². The second-order valence-electron chi connectivity index (χ2n) is 32.7. The summed E-state index contributed by atoms with van der Waals surface area (Å²) in [6.45, 7) is 0.511. The number of nitrogens with one attached hydrogen (secondary N) is 15. The number of aromatic hydroxyl groups is 1. The summed E-state index contributed by atoms with van der Waals surface area (Å²) in [5.41, 5.74) is 39.9. The zero-order chi connectivity index (χ0) is 105. The molecule has 3 rings (SSSR count).